The average Bonchev–Trinajstić information content (AvgIpc) is 1.84. The number of aliphatic carboxylic acids is 2. The molecule has 0 aromatic rings. The van der Waals surface area contributed by atoms with Crippen LogP contribution in [0.2, 0.25) is 0 Å². The van der Waals surface area contributed by atoms with Gasteiger partial charge in [0.25, 0.3) is 0 Å². The SMILES string of the molecule is O=C(O)[C@@H](O)[C@H](O)C(=O)O.[Fe]. The average molecular weight is 206 g/mol. The molecule has 7 heteroatoms. The van der Waals surface area contributed by atoms with Crippen molar-refractivity contribution in [3.8, 4) is 0 Å². The maximum absolute atomic E-state index is 9.77. The van der Waals surface area contributed by atoms with Crippen molar-refractivity contribution in [3.63, 3.8) is 0 Å². The molecule has 0 aromatic carbocycles. The van der Waals surface area contributed by atoms with Crippen molar-refractivity contribution in [1.29, 1.82) is 0 Å². The van der Waals surface area contributed by atoms with Gasteiger partial charge < -0.3 is 20.4 Å². The van der Waals surface area contributed by atoms with Crippen molar-refractivity contribution in [2.75, 3.05) is 0 Å². The summed E-state index contributed by atoms with van der Waals surface area (Å²) in [4.78, 5) is 19.5. The molecule has 0 heterocycles. The van der Waals surface area contributed by atoms with Crippen LogP contribution in [-0.4, -0.2) is 44.6 Å². The zero-order valence-electron chi connectivity index (χ0n) is 5.11. The van der Waals surface area contributed by atoms with Crippen LogP contribution in [0.4, 0.5) is 0 Å². The molecule has 0 rings (SSSR count). The molecule has 0 aromatic heterocycles. The minimum absolute atomic E-state index is 0. The molecule has 0 radical (unpaired) electrons. The first-order valence-electron chi connectivity index (χ1n) is 2.28. The summed E-state index contributed by atoms with van der Waals surface area (Å²) in [6.07, 6.45) is -4.53. The van der Waals surface area contributed by atoms with Gasteiger partial charge in [-0.1, -0.05) is 0 Å². The predicted molar refractivity (Wildman–Crippen MR) is 27.3 cm³/mol. The Morgan fingerprint density at radius 2 is 1.09 bits per heavy atom. The number of carboxylic acids is 2. The first-order chi connectivity index (χ1) is 4.46. The van der Waals surface area contributed by atoms with Crippen molar-refractivity contribution >= 4 is 11.9 Å². The predicted octanol–water partition coefficient (Wildman–Crippen LogP) is -2.13. The number of hydrogen-bond acceptors (Lipinski definition) is 4. The fraction of sp³-hybridized carbons (Fsp3) is 0.500. The van der Waals surface area contributed by atoms with E-state index in [0.717, 1.165) is 0 Å². The van der Waals surface area contributed by atoms with Crippen LogP contribution in [0.5, 0.6) is 0 Å². The normalized spacial score (nSPS) is 14.4. The van der Waals surface area contributed by atoms with Crippen LogP contribution in [0.1, 0.15) is 0 Å². The summed E-state index contributed by atoms with van der Waals surface area (Å²) in [6.45, 7) is 0. The first kappa shape index (κ1) is 13.0. The monoisotopic (exact) mass is 206 g/mol. The quantitative estimate of drug-likeness (QED) is 0.392. The summed E-state index contributed by atoms with van der Waals surface area (Å²) >= 11 is 0. The largest absolute Gasteiger partial charge is 0.479 e. The van der Waals surface area contributed by atoms with Gasteiger partial charge in [-0.25, -0.2) is 9.59 Å². The molecular weight excluding hydrogens is 200 g/mol. The van der Waals surface area contributed by atoms with Crippen LogP contribution < -0.4 is 0 Å². The number of aliphatic hydroxyl groups excluding tert-OH is 2. The Kier molecular flexibility index (Phi) is 6.01. The van der Waals surface area contributed by atoms with Gasteiger partial charge in [0, 0.05) is 17.1 Å². The van der Waals surface area contributed by atoms with Crippen LogP contribution in [0.25, 0.3) is 0 Å². The number of rotatable bonds is 3. The van der Waals surface area contributed by atoms with Crippen molar-refractivity contribution in [2.24, 2.45) is 0 Å². The Balaban J connectivity index is 0. The van der Waals surface area contributed by atoms with Crippen molar-refractivity contribution < 1.29 is 47.1 Å². The second-order valence-corrected chi connectivity index (χ2v) is 1.57. The van der Waals surface area contributed by atoms with Gasteiger partial charge in [-0.15, -0.1) is 0 Å². The molecule has 0 aliphatic carbocycles. The molecule has 0 spiro atoms. The van der Waals surface area contributed by atoms with E-state index in [1.807, 2.05) is 0 Å². The molecule has 11 heavy (non-hydrogen) atoms. The molecular formula is C4H6FeO6. The third-order valence-corrected chi connectivity index (χ3v) is 0.805. The number of carbonyl (C=O) groups is 2. The minimum Gasteiger partial charge on any atom is -0.479 e. The fourth-order valence-electron chi connectivity index (χ4n) is 0.270. The van der Waals surface area contributed by atoms with Crippen molar-refractivity contribution in [2.45, 2.75) is 12.2 Å². The topological polar surface area (TPSA) is 115 Å². The Morgan fingerprint density at radius 1 is 0.909 bits per heavy atom. The summed E-state index contributed by atoms with van der Waals surface area (Å²) in [5.41, 5.74) is 0. The Labute approximate surface area is 71.9 Å². The molecule has 0 aliphatic heterocycles. The molecule has 0 saturated carbocycles. The van der Waals surface area contributed by atoms with E-state index in [9.17, 15) is 9.59 Å². The van der Waals surface area contributed by atoms with Gasteiger partial charge in [0.15, 0.2) is 12.2 Å². The van der Waals surface area contributed by atoms with Crippen molar-refractivity contribution in [1.82, 2.24) is 0 Å². The molecule has 0 unspecified atom stereocenters. The molecule has 0 fully saturated rings. The Bertz CT molecular complexity index is 139. The van der Waals surface area contributed by atoms with E-state index in [1.165, 1.54) is 0 Å². The van der Waals surface area contributed by atoms with Crippen LogP contribution in [0.3, 0.4) is 0 Å². The third kappa shape index (κ3) is 3.94. The maximum atomic E-state index is 9.77. The molecule has 6 nitrogen and oxygen atoms in total. The summed E-state index contributed by atoms with van der Waals surface area (Å²) in [5.74, 6) is -3.54. The summed E-state index contributed by atoms with van der Waals surface area (Å²) in [5, 5.41) is 32.5. The Morgan fingerprint density at radius 3 is 1.18 bits per heavy atom. The molecule has 2 atom stereocenters. The second-order valence-electron chi connectivity index (χ2n) is 1.57. The van der Waals surface area contributed by atoms with Crippen LogP contribution in [-0.2, 0) is 26.7 Å². The van der Waals surface area contributed by atoms with Gasteiger partial charge in [0.05, 0.1) is 0 Å². The zero-order chi connectivity index (χ0) is 8.31. The van der Waals surface area contributed by atoms with Crippen LogP contribution in [0, 0.1) is 0 Å². The van der Waals surface area contributed by atoms with E-state index >= 15 is 0 Å². The van der Waals surface area contributed by atoms with E-state index in [-0.39, 0.29) is 17.1 Å². The first-order valence-corrected chi connectivity index (χ1v) is 2.28. The van der Waals surface area contributed by atoms with E-state index in [1.54, 1.807) is 0 Å². The molecule has 0 saturated heterocycles. The number of carboxylic acid groups (broad SMARTS) is 2. The van der Waals surface area contributed by atoms with E-state index in [2.05, 4.69) is 0 Å². The second kappa shape index (κ2) is 5.09. The van der Waals surface area contributed by atoms with Gasteiger partial charge in [-0.2, -0.15) is 0 Å². The van der Waals surface area contributed by atoms with Crippen LogP contribution in [0.15, 0.2) is 0 Å². The van der Waals surface area contributed by atoms with Gasteiger partial charge in [0.2, 0.25) is 0 Å². The van der Waals surface area contributed by atoms with Gasteiger partial charge >= 0.3 is 11.9 Å². The zero-order valence-corrected chi connectivity index (χ0v) is 6.22. The molecule has 66 valence electrons. The Hall–Kier alpha value is -0.621. The smallest absolute Gasteiger partial charge is 0.335 e. The van der Waals surface area contributed by atoms with Crippen LogP contribution >= 0.6 is 0 Å². The molecule has 0 aliphatic rings. The van der Waals surface area contributed by atoms with Gasteiger partial charge in [0.1, 0.15) is 0 Å². The summed E-state index contributed by atoms with van der Waals surface area (Å²) < 4.78 is 0. The van der Waals surface area contributed by atoms with E-state index < -0.39 is 24.1 Å². The molecule has 0 bridgehead atoms. The number of aliphatic hydroxyl groups is 2. The van der Waals surface area contributed by atoms with E-state index in [4.69, 9.17) is 20.4 Å². The number of hydrogen-bond donors (Lipinski definition) is 4. The maximum Gasteiger partial charge on any atom is 0.335 e. The summed E-state index contributed by atoms with van der Waals surface area (Å²) in [6, 6.07) is 0. The summed E-state index contributed by atoms with van der Waals surface area (Å²) in [7, 11) is 0. The fourth-order valence-corrected chi connectivity index (χ4v) is 0.270. The van der Waals surface area contributed by atoms with E-state index in [0.29, 0.717) is 0 Å². The molecule has 0 amide bonds. The molecule has 4 N–H and O–H groups in total. The van der Waals surface area contributed by atoms with Gasteiger partial charge in [-0.05, 0) is 0 Å². The standard InChI is InChI=1S/C4H6O6.Fe/c5-1(3(7)8)2(6)4(9)10;/h1-2,5-6H,(H,7,8)(H,9,10);/t1-,2-;/m0./s1. The third-order valence-electron chi connectivity index (χ3n) is 0.805. The minimum atomic E-state index is -2.27. The van der Waals surface area contributed by atoms with Gasteiger partial charge in [-0.3, -0.25) is 0 Å². The van der Waals surface area contributed by atoms with Crippen molar-refractivity contribution in [3.05, 3.63) is 0 Å².